The Morgan fingerprint density at radius 1 is 1.65 bits per heavy atom. The first-order valence-corrected chi connectivity index (χ1v) is 5.75. The van der Waals surface area contributed by atoms with Gasteiger partial charge in [0, 0.05) is 4.91 Å². The van der Waals surface area contributed by atoms with Crippen molar-refractivity contribution in [2.24, 2.45) is 5.11 Å². The third kappa shape index (κ3) is 3.20. The standard InChI is InChI=1S/C11H19N3O3/c1-4-6-16-11-9(13-14-12)7(3)17-8(5-2)10(11)15/h4,7-11,15H,1,5-6H2,2-3H3. The highest BCUT2D eigenvalue weighted by atomic mass is 16.5. The van der Waals surface area contributed by atoms with Crippen LogP contribution in [0.4, 0.5) is 0 Å². The van der Waals surface area contributed by atoms with Gasteiger partial charge in [0.05, 0.1) is 31.0 Å². The predicted octanol–water partition coefficient (Wildman–Crippen LogP) is 1.79. The molecule has 0 saturated carbocycles. The first-order chi connectivity index (χ1) is 8.15. The molecule has 1 fully saturated rings. The minimum atomic E-state index is -0.786. The number of azide groups is 1. The average Bonchev–Trinajstić information content (AvgIpc) is 2.33. The van der Waals surface area contributed by atoms with Crippen LogP contribution >= 0.6 is 0 Å². The predicted molar refractivity (Wildman–Crippen MR) is 63.5 cm³/mol. The molecule has 1 rings (SSSR count). The van der Waals surface area contributed by atoms with Crippen LogP contribution in [0.1, 0.15) is 20.3 Å². The molecule has 1 heterocycles. The molecule has 0 amide bonds. The summed E-state index contributed by atoms with van der Waals surface area (Å²) in [6.07, 6.45) is 0.395. The molecule has 0 spiro atoms. The minimum Gasteiger partial charge on any atom is -0.388 e. The summed E-state index contributed by atoms with van der Waals surface area (Å²) in [7, 11) is 0. The lowest BCUT2D eigenvalue weighted by Gasteiger charge is -2.41. The maximum atomic E-state index is 10.1. The highest BCUT2D eigenvalue weighted by Crippen LogP contribution is 2.27. The zero-order chi connectivity index (χ0) is 12.8. The summed E-state index contributed by atoms with van der Waals surface area (Å²) in [5.74, 6) is 0. The van der Waals surface area contributed by atoms with Crippen LogP contribution in [0.15, 0.2) is 17.8 Å². The van der Waals surface area contributed by atoms with E-state index in [2.05, 4.69) is 16.6 Å². The molecule has 1 N–H and O–H groups in total. The Morgan fingerprint density at radius 2 is 2.35 bits per heavy atom. The molecular formula is C11H19N3O3. The molecule has 0 aromatic rings. The van der Waals surface area contributed by atoms with Gasteiger partial charge in [-0.05, 0) is 18.9 Å². The number of ether oxygens (including phenoxy) is 2. The summed E-state index contributed by atoms with van der Waals surface area (Å²) in [4.78, 5) is 2.78. The number of aliphatic hydroxyl groups is 1. The smallest absolute Gasteiger partial charge is 0.107 e. The van der Waals surface area contributed by atoms with Crippen LogP contribution in [0, 0.1) is 0 Å². The van der Waals surface area contributed by atoms with E-state index in [0.29, 0.717) is 13.0 Å². The van der Waals surface area contributed by atoms with Crippen LogP contribution in [0.3, 0.4) is 0 Å². The van der Waals surface area contributed by atoms with E-state index in [1.807, 2.05) is 13.8 Å². The van der Waals surface area contributed by atoms with Gasteiger partial charge < -0.3 is 14.6 Å². The molecule has 5 atom stereocenters. The second kappa shape index (κ2) is 6.61. The van der Waals surface area contributed by atoms with Gasteiger partial charge >= 0.3 is 0 Å². The van der Waals surface area contributed by atoms with E-state index in [1.54, 1.807) is 6.08 Å². The Labute approximate surface area is 101 Å². The molecule has 0 radical (unpaired) electrons. The summed E-state index contributed by atoms with van der Waals surface area (Å²) in [5, 5.41) is 13.8. The number of aliphatic hydroxyl groups excluding tert-OH is 1. The van der Waals surface area contributed by atoms with Gasteiger partial charge in [0.15, 0.2) is 0 Å². The van der Waals surface area contributed by atoms with E-state index in [-0.39, 0.29) is 12.2 Å². The van der Waals surface area contributed by atoms with Gasteiger partial charge in [-0.25, -0.2) is 0 Å². The van der Waals surface area contributed by atoms with Crippen molar-refractivity contribution in [2.75, 3.05) is 6.61 Å². The van der Waals surface area contributed by atoms with Crippen molar-refractivity contribution in [3.05, 3.63) is 23.1 Å². The molecule has 17 heavy (non-hydrogen) atoms. The lowest BCUT2D eigenvalue weighted by Crippen LogP contribution is -2.56. The van der Waals surface area contributed by atoms with Crippen LogP contribution in [0.5, 0.6) is 0 Å². The molecule has 6 nitrogen and oxygen atoms in total. The average molecular weight is 241 g/mol. The lowest BCUT2D eigenvalue weighted by atomic mass is 9.92. The highest BCUT2D eigenvalue weighted by Gasteiger charge is 2.42. The maximum absolute atomic E-state index is 10.1. The number of hydrogen-bond donors (Lipinski definition) is 1. The van der Waals surface area contributed by atoms with Crippen LogP contribution in [0.2, 0.25) is 0 Å². The van der Waals surface area contributed by atoms with E-state index in [9.17, 15) is 5.11 Å². The highest BCUT2D eigenvalue weighted by molar-refractivity contribution is 4.96. The molecule has 5 unspecified atom stereocenters. The van der Waals surface area contributed by atoms with Crippen molar-refractivity contribution >= 4 is 0 Å². The van der Waals surface area contributed by atoms with E-state index < -0.39 is 18.2 Å². The molecule has 1 saturated heterocycles. The summed E-state index contributed by atoms with van der Waals surface area (Å²) in [6.45, 7) is 7.61. The quantitative estimate of drug-likeness (QED) is 0.344. The molecular weight excluding hydrogens is 222 g/mol. The second-order valence-corrected chi connectivity index (χ2v) is 4.06. The normalized spacial score (nSPS) is 37.2. The van der Waals surface area contributed by atoms with Gasteiger partial charge in [0.25, 0.3) is 0 Å². The Morgan fingerprint density at radius 3 is 2.88 bits per heavy atom. The van der Waals surface area contributed by atoms with Gasteiger partial charge in [0.2, 0.25) is 0 Å². The van der Waals surface area contributed by atoms with Crippen LogP contribution in [-0.4, -0.2) is 42.2 Å². The zero-order valence-corrected chi connectivity index (χ0v) is 10.2. The molecule has 6 heteroatoms. The van der Waals surface area contributed by atoms with E-state index in [4.69, 9.17) is 15.0 Å². The van der Waals surface area contributed by atoms with Gasteiger partial charge in [0.1, 0.15) is 6.10 Å². The third-order valence-corrected chi connectivity index (χ3v) is 2.92. The first-order valence-electron chi connectivity index (χ1n) is 5.75. The Bertz CT molecular complexity index is 304. The Balaban J connectivity index is 2.85. The summed E-state index contributed by atoms with van der Waals surface area (Å²) >= 11 is 0. The van der Waals surface area contributed by atoms with Crippen molar-refractivity contribution in [1.82, 2.24) is 0 Å². The van der Waals surface area contributed by atoms with E-state index >= 15 is 0 Å². The van der Waals surface area contributed by atoms with Crippen molar-refractivity contribution in [3.8, 4) is 0 Å². The van der Waals surface area contributed by atoms with Crippen LogP contribution in [0.25, 0.3) is 10.4 Å². The van der Waals surface area contributed by atoms with Gasteiger partial charge in [-0.15, -0.1) is 6.58 Å². The van der Waals surface area contributed by atoms with Gasteiger partial charge in [-0.3, -0.25) is 0 Å². The second-order valence-electron chi connectivity index (χ2n) is 4.06. The summed E-state index contributed by atoms with van der Waals surface area (Å²) in [6, 6.07) is -0.516. The number of rotatable bonds is 5. The van der Waals surface area contributed by atoms with Gasteiger partial charge in [-0.1, -0.05) is 18.1 Å². The Kier molecular flexibility index (Phi) is 5.44. The molecule has 0 aromatic heterocycles. The monoisotopic (exact) mass is 241 g/mol. The first kappa shape index (κ1) is 14.0. The summed E-state index contributed by atoms with van der Waals surface area (Å²) in [5.41, 5.74) is 8.53. The summed E-state index contributed by atoms with van der Waals surface area (Å²) < 4.78 is 11.1. The van der Waals surface area contributed by atoms with Crippen molar-refractivity contribution < 1.29 is 14.6 Å². The molecule has 0 bridgehead atoms. The van der Waals surface area contributed by atoms with Crippen molar-refractivity contribution in [1.29, 1.82) is 0 Å². The molecule has 96 valence electrons. The molecule has 0 aromatic carbocycles. The maximum Gasteiger partial charge on any atom is 0.107 e. The van der Waals surface area contributed by atoms with Crippen molar-refractivity contribution in [2.45, 2.75) is 50.7 Å². The van der Waals surface area contributed by atoms with E-state index in [0.717, 1.165) is 0 Å². The largest absolute Gasteiger partial charge is 0.388 e. The van der Waals surface area contributed by atoms with E-state index in [1.165, 1.54) is 0 Å². The SMILES string of the molecule is C=CCOC1C(O)C(CC)OC(C)C1N=[N+]=[N-]. The molecule has 1 aliphatic rings. The number of nitrogens with zero attached hydrogens (tertiary/aromatic N) is 3. The van der Waals surface area contributed by atoms with Crippen LogP contribution in [-0.2, 0) is 9.47 Å². The minimum absolute atomic E-state index is 0.269. The Hall–Kier alpha value is -1.07. The fourth-order valence-corrected chi connectivity index (χ4v) is 2.05. The number of hydrogen-bond acceptors (Lipinski definition) is 4. The van der Waals surface area contributed by atoms with Crippen molar-refractivity contribution in [3.63, 3.8) is 0 Å². The fourth-order valence-electron chi connectivity index (χ4n) is 2.05. The third-order valence-electron chi connectivity index (χ3n) is 2.92. The fraction of sp³-hybridized carbons (Fsp3) is 0.818. The topological polar surface area (TPSA) is 87.5 Å². The lowest BCUT2D eigenvalue weighted by molar-refractivity contribution is -0.186. The van der Waals surface area contributed by atoms with Gasteiger partial charge in [-0.2, -0.15) is 0 Å². The van der Waals surface area contributed by atoms with Crippen LogP contribution < -0.4 is 0 Å². The zero-order valence-electron chi connectivity index (χ0n) is 10.2. The molecule has 0 aliphatic carbocycles. The molecule has 1 aliphatic heterocycles.